The van der Waals surface area contributed by atoms with Crippen LogP contribution in [0.1, 0.15) is 43.6 Å². The second-order valence-corrected chi connectivity index (χ2v) is 7.17. The molecule has 8 heteroatoms. The molecule has 1 saturated heterocycles. The molecule has 0 bridgehead atoms. The first kappa shape index (κ1) is 18.2. The number of fused-ring (bicyclic) bond motifs is 1. The van der Waals surface area contributed by atoms with E-state index in [0.717, 1.165) is 17.1 Å². The standard InChI is InChI=1S/C20H23N5O3/c1-12-11-16(15(4)28-12)19(26)23-7-9-24(10-8-23)20(27)18-13(2)22-17-5-6-21-25(17)14(18)3/h5-6,11H,7-10H2,1-4H3. The Labute approximate surface area is 162 Å². The summed E-state index contributed by atoms with van der Waals surface area (Å²) < 4.78 is 7.16. The molecule has 0 N–H and O–H groups in total. The Morgan fingerprint density at radius 2 is 1.64 bits per heavy atom. The highest BCUT2D eigenvalue weighted by molar-refractivity contribution is 5.97. The molecule has 1 aliphatic rings. The van der Waals surface area contributed by atoms with E-state index in [1.807, 2.05) is 26.8 Å². The van der Waals surface area contributed by atoms with Crippen LogP contribution in [0.5, 0.6) is 0 Å². The predicted molar refractivity (Wildman–Crippen MR) is 102 cm³/mol. The minimum atomic E-state index is -0.0673. The van der Waals surface area contributed by atoms with Crippen LogP contribution in [0.25, 0.3) is 5.65 Å². The highest BCUT2D eigenvalue weighted by Crippen LogP contribution is 2.20. The summed E-state index contributed by atoms with van der Waals surface area (Å²) in [7, 11) is 0. The Morgan fingerprint density at radius 1 is 1.00 bits per heavy atom. The van der Waals surface area contributed by atoms with Crippen molar-refractivity contribution in [3.05, 3.63) is 52.4 Å². The molecule has 0 unspecified atom stereocenters. The minimum Gasteiger partial charge on any atom is -0.466 e. The average molecular weight is 381 g/mol. The van der Waals surface area contributed by atoms with E-state index in [1.165, 1.54) is 0 Å². The third-order valence-electron chi connectivity index (χ3n) is 5.29. The van der Waals surface area contributed by atoms with Crippen molar-refractivity contribution in [3.8, 4) is 0 Å². The highest BCUT2D eigenvalue weighted by atomic mass is 16.3. The molecule has 4 rings (SSSR count). The van der Waals surface area contributed by atoms with Gasteiger partial charge < -0.3 is 14.2 Å². The Kier molecular flexibility index (Phi) is 4.41. The van der Waals surface area contributed by atoms with Crippen LogP contribution in [0, 0.1) is 27.7 Å². The summed E-state index contributed by atoms with van der Waals surface area (Å²) in [6, 6.07) is 3.59. The van der Waals surface area contributed by atoms with Gasteiger partial charge in [0.15, 0.2) is 5.65 Å². The predicted octanol–water partition coefficient (Wildman–Crippen LogP) is 2.15. The molecule has 28 heavy (non-hydrogen) atoms. The molecular formula is C20H23N5O3. The zero-order chi connectivity index (χ0) is 20.0. The lowest BCUT2D eigenvalue weighted by Gasteiger charge is -2.35. The van der Waals surface area contributed by atoms with E-state index in [1.54, 1.807) is 33.5 Å². The first-order valence-electron chi connectivity index (χ1n) is 9.33. The van der Waals surface area contributed by atoms with Gasteiger partial charge in [-0.25, -0.2) is 9.50 Å². The van der Waals surface area contributed by atoms with Gasteiger partial charge in [-0.3, -0.25) is 9.59 Å². The van der Waals surface area contributed by atoms with Gasteiger partial charge in [0.25, 0.3) is 11.8 Å². The maximum atomic E-state index is 13.1. The van der Waals surface area contributed by atoms with E-state index in [-0.39, 0.29) is 11.8 Å². The van der Waals surface area contributed by atoms with Crippen molar-refractivity contribution in [3.63, 3.8) is 0 Å². The average Bonchev–Trinajstić information content (AvgIpc) is 3.27. The summed E-state index contributed by atoms with van der Waals surface area (Å²) in [5.41, 5.74) is 3.38. The molecule has 0 aromatic carbocycles. The zero-order valence-electron chi connectivity index (χ0n) is 16.5. The van der Waals surface area contributed by atoms with Gasteiger partial charge in [-0.1, -0.05) is 0 Å². The topological polar surface area (TPSA) is 84.0 Å². The van der Waals surface area contributed by atoms with Gasteiger partial charge in [0.05, 0.1) is 28.7 Å². The number of carbonyl (C=O) groups excluding carboxylic acids is 2. The number of aryl methyl sites for hydroxylation is 4. The van der Waals surface area contributed by atoms with E-state index >= 15 is 0 Å². The number of amides is 2. The molecule has 0 spiro atoms. The third-order valence-corrected chi connectivity index (χ3v) is 5.29. The van der Waals surface area contributed by atoms with Gasteiger partial charge in [0, 0.05) is 32.2 Å². The van der Waals surface area contributed by atoms with Crippen LogP contribution in [-0.2, 0) is 0 Å². The lowest BCUT2D eigenvalue weighted by Crippen LogP contribution is -2.51. The number of nitrogens with zero attached hydrogens (tertiary/aromatic N) is 5. The van der Waals surface area contributed by atoms with Crippen LogP contribution in [0.4, 0.5) is 0 Å². The molecule has 0 atom stereocenters. The van der Waals surface area contributed by atoms with Gasteiger partial charge in [-0.05, 0) is 33.8 Å². The Morgan fingerprint density at radius 3 is 2.25 bits per heavy atom. The molecule has 146 valence electrons. The lowest BCUT2D eigenvalue weighted by molar-refractivity contribution is 0.0532. The number of hydrogen-bond acceptors (Lipinski definition) is 5. The van der Waals surface area contributed by atoms with Crippen molar-refractivity contribution in [2.24, 2.45) is 0 Å². The molecule has 8 nitrogen and oxygen atoms in total. The van der Waals surface area contributed by atoms with Crippen molar-refractivity contribution in [1.82, 2.24) is 24.4 Å². The van der Waals surface area contributed by atoms with Gasteiger partial charge >= 0.3 is 0 Å². The van der Waals surface area contributed by atoms with E-state index in [2.05, 4.69) is 10.1 Å². The molecule has 4 heterocycles. The van der Waals surface area contributed by atoms with Crippen molar-refractivity contribution in [1.29, 1.82) is 0 Å². The number of hydrogen-bond donors (Lipinski definition) is 0. The van der Waals surface area contributed by atoms with E-state index in [9.17, 15) is 9.59 Å². The van der Waals surface area contributed by atoms with Crippen LogP contribution < -0.4 is 0 Å². The SMILES string of the molecule is Cc1cc(C(=O)N2CCN(C(=O)c3c(C)nc4ccnn4c3C)CC2)c(C)o1. The molecule has 0 saturated carbocycles. The molecular weight excluding hydrogens is 358 g/mol. The Balaban J connectivity index is 1.50. The number of furan rings is 1. The quantitative estimate of drug-likeness (QED) is 0.679. The van der Waals surface area contributed by atoms with Gasteiger partial charge in [-0.15, -0.1) is 0 Å². The normalized spacial score (nSPS) is 14.7. The highest BCUT2D eigenvalue weighted by Gasteiger charge is 2.29. The van der Waals surface area contributed by atoms with E-state index in [4.69, 9.17) is 4.42 Å². The van der Waals surface area contributed by atoms with E-state index < -0.39 is 0 Å². The number of rotatable bonds is 2. The molecule has 0 aliphatic carbocycles. The fourth-order valence-electron chi connectivity index (χ4n) is 3.83. The maximum Gasteiger partial charge on any atom is 0.257 e. The van der Waals surface area contributed by atoms with Crippen LogP contribution >= 0.6 is 0 Å². The lowest BCUT2D eigenvalue weighted by atomic mass is 10.1. The minimum absolute atomic E-state index is 0.0477. The van der Waals surface area contributed by atoms with Crippen molar-refractivity contribution in [2.75, 3.05) is 26.2 Å². The summed E-state index contributed by atoms with van der Waals surface area (Å²) in [6.07, 6.45) is 1.67. The maximum absolute atomic E-state index is 13.1. The number of piperazine rings is 1. The Hall–Kier alpha value is -3.16. The van der Waals surface area contributed by atoms with Crippen LogP contribution in [0.15, 0.2) is 22.7 Å². The smallest absolute Gasteiger partial charge is 0.257 e. The van der Waals surface area contributed by atoms with E-state index in [0.29, 0.717) is 48.8 Å². The van der Waals surface area contributed by atoms with Gasteiger partial charge in [-0.2, -0.15) is 5.10 Å². The zero-order valence-corrected chi connectivity index (χ0v) is 16.5. The summed E-state index contributed by atoms with van der Waals surface area (Å²) in [5.74, 6) is 1.24. The van der Waals surface area contributed by atoms with Crippen molar-refractivity contribution < 1.29 is 14.0 Å². The Bertz CT molecular complexity index is 1070. The molecule has 3 aromatic rings. The molecule has 3 aromatic heterocycles. The number of carbonyl (C=O) groups is 2. The summed E-state index contributed by atoms with van der Waals surface area (Å²) >= 11 is 0. The van der Waals surface area contributed by atoms with Crippen molar-refractivity contribution in [2.45, 2.75) is 27.7 Å². The number of aromatic nitrogens is 3. The fraction of sp³-hybridized carbons (Fsp3) is 0.400. The first-order chi connectivity index (χ1) is 13.4. The summed E-state index contributed by atoms with van der Waals surface area (Å²) in [4.78, 5) is 33.9. The third kappa shape index (κ3) is 2.94. The second-order valence-electron chi connectivity index (χ2n) is 7.17. The largest absolute Gasteiger partial charge is 0.466 e. The van der Waals surface area contributed by atoms with Crippen molar-refractivity contribution >= 4 is 17.5 Å². The van der Waals surface area contributed by atoms with Crippen LogP contribution in [-0.4, -0.2) is 62.4 Å². The monoisotopic (exact) mass is 381 g/mol. The van der Waals surface area contributed by atoms with Crippen LogP contribution in [0.2, 0.25) is 0 Å². The fourth-order valence-corrected chi connectivity index (χ4v) is 3.83. The second kappa shape index (κ2) is 6.78. The molecule has 1 fully saturated rings. The van der Waals surface area contributed by atoms with Gasteiger partial charge in [0.1, 0.15) is 11.5 Å². The van der Waals surface area contributed by atoms with Crippen LogP contribution in [0.3, 0.4) is 0 Å². The van der Waals surface area contributed by atoms with Gasteiger partial charge in [0.2, 0.25) is 0 Å². The summed E-state index contributed by atoms with van der Waals surface area (Å²) in [5, 5.41) is 4.25. The summed E-state index contributed by atoms with van der Waals surface area (Å²) in [6.45, 7) is 9.29. The first-order valence-corrected chi connectivity index (χ1v) is 9.33. The molecule has 1 aliphatic heterocycles. The molecule has 2 amide bonds. The molecule has 0 radical (unpaired) electrons.